The highest BCUT2D eigenvalue weighted by molar-refractivity contribution is 5.71. The van der Waals surface area contributed by atoms with Crippen LogP contribution in [0.3, 0.4) is 0 Å². The van der Waals surface area contributed by atoms with Crippen LogP contribution in [0.5, 0.6) is 0 Å². The molecule has 18 heavy (non-hydrogen) atoms. The van der Waals surface area contributed by atoms with E-state index < -0.39 is 17.5 Å². The van der Waals surface area contributed by atoms with Crippen molar-refractivity contribution in [2.45, 2.75) is 71.3 Å². The zero-order chi connectivity index (χ0) is 13.8. The maximum Gasteiger partial charge on any atom is 0.309 e. The normalized spacial score (nSPS) is 30.4. The van der Waals surface area contributed by atoms with E-state index in [1.54, 1.807) is 0 Å². The Bertz CT molecular complexity index is 265. The summed E-state index contributed by atoms with van der Waals surface area (Å²) < 4.78 is 0. The van der Waals surface area contributed by atoms with Gasteiger partial charge in [-0.3, -0.25) is 4.79 Å². The summed E-state index contributed by atoms with van der Waals surface area (Å²) in [6, 6.07) is 0. The summed E-state index contributed by atoms with van der Waals surface area (Å²) in [4.78, 5) is 11.4. The highest BCUT2D eigenvalue weighted by atomic mass is 16.4. The summed E-state index contributed by atoms with van der Waals surface area (Å²) in [5, 5.41) is 20.0. The summed E-state index contributed by atoms with van der Waals surface area (Å²) in [7, 11) is 0. The van der Waals surface area contributed by atoms with Crippen LogP contribution in [-0.2, 0) is 4.79 Å². The number of carbonyl (C=O) groups is 1. The molecule has 1 fully saturated rings. The number of aliphatic carboxylic acids is 1. The SMILES string of the molecule is CCCCC(C(=O)O)C1(O)CCC(C(C)C)CC1. The van der Waals surface area contributed by atoms with Gasteiger partial charge in [0.25, 0.3) is 0 Å². The number of unbranched alkanes of at least 4 members (excludes halogenated alkanes) is 1. The topological polar surface area (TPSA) is 57.5 Å². The third-order valence-corrected chi connectivity index (χ3v) is 4.63. The lowest BCUT2D eigenvalue weighted by molar-refractivity contribution is -0.156. The summed E-state index contributed by atoms with van der Waals surface area (Å²) in [5.41, 5.74) is -0.966. The molecule has 1 unspecified atom stereocenters. The van der Waals surface area contributed by atoms with Crippen molar-refractivity contribution in [1.29, 1.82) is 0 Å². The van der Waals surface area contributed by atoms with Crippen LogP contribution in [0, 0.1) is 17.8 Å². The molecule has 0 spiro atoms. The zero-order valence-corrected chi connectivity index (χ0v) is 12.0. The Hall–Kier alpha value is -0.570. The van der Waals surface area contributed by atoms with Crippen molar-refractivity contribution in [3.05, 3.63) is 0 Å². The molecule has 0 aromatic carbocycles. The summed E-state index contributed by atoms with van der Waals surface area (Å²) in [5.74, 6) is -0.126. The van der Waals surface area contributed by atoms with E-state index in [2.05, 4.69) is 20.8 Å². The Morgan fingerprint density at radius 1 is 1.33 bits per heavy atom. The molecule has 0 radical (unpaired) electrons. The predicted octanol–water partition coefficient (Wildman–Crippen LogP) is 3.45. The van der Waals surface area contributed by atoms with E-state index in [9.17, 15) is 15.0 Å². The fourth-order valence-corrected chi connectivity index (χ4v) is 3.19. The first kappa shape index (κ1) is 15.5. The number of carboxylic acid groups (broad SMARTS) is 1. The van der Waals surface area contributed by atoms with Gasteiger partial charge in [-0.1, -0.05) is 33.6 Å². The molecule has 0 aliphatic heterocycles. The predicted molar refractivity (Wildman–Crippen MR) is 72.4 cm³/mol. The zero-order valence-electron chi connectivity index (χ0n) is 12.0. The molecule has 0 amide bonds. The van der Waals surface area contributed by atoms with Crippen LogP contribution in [0.4, 0.5) is 0 Å². The van der Waals surface area contributed by atoms with Crippen molar-refractivity contribution in [2.75, 3.05) is 0 Å². The van der Waals surface area contributed by atoms with Crippen molar-refractivity contribution in [1.82, 2.24) is 0 Å². The van der Waals surface area contributed by atoms with Crippen LogP contribution < -0.4 is 0 Å². The number of carboxylic acids is 1. The van der Waals surface area contributed by atoms with Crippen molar-refractivity contribution < 1.29 is 15.0 Å². The number of hydrogen-bond acceptors (Lipinski definition) is 2. The summed E-state index contributed by atoms with van der Waals surface area (Å²) in [6.07, 6.45) is 5.69. The van der Waals surface area contributed by atoms with Gasteiger partial charge in [0, 0.05) is 0 Å². The van der Waals surface area contributed by atoms with Gasteiger partial charge in [0.15, 0.2) is 0 Å². The fourth-order valence-electron chi connectivity index (χ4n) is 3.19. The van der Waals surface area contributed by atoms with E-state index in [1.165, 1.54) is 0 Å². The smallest absolute Gasteiger partial charge is 0.309 e. The molecule has 106 valence electrons. The first-order chi connectivity index (χ1) is 8.40. The van der Waals surface area contributed by atoms with Gasteiger partial charge in [-0.05, 0) is 43.9 Å². The average Bonchev–Trinajstić information content (AvgIpc) is 2.29. The van der Waals surface area contributed by atoms with E-state index >= 15 is 0 Å². The number of aliphatic hydroxyl groups is 1. The summed E-state index contributed by atoms with van der Waals surface area (Å²) in [6.45, 7) is 6.47. The van der Waals surface area contributed by atoms with Crippen LogP contribution in [0.15, 0.2) is 0 Å². The second-order valence-corrected chi connectivity index (χ2v) is 6.22. The molecule has 1 aliphatic rings. The number of hydrogen-bond donors (Lipinski definition) is 2. The van der Waals surface area contributed by atoms with Crippen LogP contribution in [0.25, 0.3) is 0 Å². The van der Waals surface area contributed by atoms with E-state index in [1.807, 2.05) is 0 Å². The van der Waals surface area contributed by atoms with Crippen LogP contribution >= 0.6 is 0 Å². The van der Waals surface area contributed by atoms with Gasteiger partial charge in [0.2, 0.25) is 0 Å². The van der Waals surface area contributed by atoms with Gasteiger partial charge in [-0.15, -0.1) is 0 Å². The minimum atomic E-state index is -0.966. The maximum absolute atomic E-state index is 11.4. The molecule has 0 saturated heterocycles. The lowest BCUT2D eigenvalue weighted by Crippen LogP contribution is -2.45. The molecule has 2 N–H and O–H groups in total. The van der Waals surface area contributed by atoms with Crippen molar-refractivity contribution in [3.8, 4) is 0 Å². The molecule has 1 aliphatic carbocycles. The maximum atomic E-state index is 11.4. The second kappa shape index (κ2) is 6.55. The largest absolute Gasteiger partial charge is 0.481 e. The van der Waals surface area contributed by atoms with E-state index in [4.69, 9.17) is 0 Å². The minimum absolute atomic E-state index is 0.578. The van der Waals surface area contributed by atoms with Gasteiger partial charge in [0.1, 0.15) is 0 Å². The number of rotatable bonds is 6. The molecule has 0 aromatic heterocycles. The van der Waals surface area contributed by atoms with Crippen LogP contribution in [-0.4, -0.2) is 21.8 Å². The highest BCUT2D eigenvalue weighted by Gasteiger charge is 2.43. The average molecular weight is 256 g/mol. The molecular formula is C15H28O3. The molecule has 0 heterocycles. The Balaban J connectivity index is 2.64. The Morgan fingerprint density at radius 2 is 1.89 bits per heavy atom. The van der Waals surface area contributed by atoms with Crippen LogP contribution in [0.2, 0.25) is 0 Å². The van der Waals surface area contributed by atoms with E-state index in [0.717, 1.165) is 25.7 Å². The minimum Gasteiger partial charge on any atom is -0.481 e. The quantitative estimate of drug-likeness (QED) is 0.765. The van der Waals surface area contributed by atoms with Crippen molar-refractivity contribution in [2.24, 2.45) is 17.8 Å². The van der Waals surface area contributed by atoms with E-state index in [-0.39, 0.29) is 0 Å². The van der Waals surface area contributed by atoms with Gasteiger partial charge in [-0.2, -0.15) is 0 Å². The second-order valence-electron chi connectivity index (χ2n) is 6.22. The Labute approximate surface area is 111 Å². The van der Waals surface area contributed by atoms with Gasteiger partial charge in [-0.25, -0.2) is 0 Å². The van der Waals surface area contributed by atoms with Crippen molar-refractivity contribution in [3.63, 3.8) is 0 Å². The summed E-state index contributed by atoms with van der Waals surface area (Å²) >= 11 is 0. The fraction of sp³-hybridized carbons (Fsp3) is 0.933. The third kappa shape index (κ3) is 3.71. The van der Waals surface area contributed by atoms with Crippen LogP contribution in [0.1, 0.15) is 65.7 Å². The van der Waals surface area contributed by atoms with Gasteiger partial charge < -0.3 is 10.2 Å². The van der Waals surface area contributed by atoms with Gasteiger partial charge in [0.05, 0.1) is 11.5 Å². The Morgan fingerprint density at radius 3 is 2.28 bits per heavy atom. The van der Waals surface area contributed by atoms with Gasteiger partial charge >= 0.3 is 5.97 Å². The van der Waals surface area contributed by atoms with Crippen molar-refractivity contribution >= 4 is 5.97 Å². The van der Waals surface area contributed by atoms with E-state index in [0.29, 0.717) is 31.1 Å². The molecule has 1 atom stereocenters. The molecular weight excluding hydrogens is 228 g/mol. The lowest BCUT2D eigenvalue weighted by Gasteiger charge is -2.41. The molecule has 1 rings (SSSR count). The molecule has 0 aromatic rings. The first-order valence-corrected chi connectivity index (χ1v) is 7.36. The third-order valence-electron chi connectivity index (χ3n) is 4.63. The molecule has 3 heteroatoms. The standard InChI is InChI=1S/C15H28O3/c1-4-5-6-13(14(16)17)15(18)9-7-12(8-10-15)11(2)3/h11-13,18H,4-10H2,1-3H3,(H,16,17). The molecule has 1 saturated carbocycles. The lowest BCUT2D eigenvalue weighted by atomic mass is 9.68. The Kier molecular flexibility index (Phi) is 5.64. The molecule has 3 nitrogen and oxygen atoms in total. The monoisotopic (exact) mass is 256 g/mol. The molecule has 0 bridgehead atoms. The highest BCUT2D eigenvalue weighted by Crippen LogP contribution is 2.41. The first-order valence-electron chi connectivity index (χ1n) is 7.36.